The molecule has 2 aromatic heterocycles. The van der Waals surface area contributed by atoms with Crippen LogP contribution in [0.2, 0.25) is 0 Å². The van der Waals surface area contributed by atoms with Gasteiger partial charge in [-0.1, -0.05) is 17.8 Å². The van der Waals surface area contributed by atoms with Crippen LogP contribution < -0.4 is 11.5 Å². The summed E-state index contributed by atoms with van der Waals surface area (Å²) in [6.45, 7) is 0. The Bertz CT molecular complexity index is 726. The molecule has 4 N–H and O–H groups in total. The number of halogens is 3. The molecular formula is C14H14F3N5OS. The number of amides is 1. The van der Waals surface area contributed by atoms with E-state index in [9.17, 15) is 18.0 Å². The third-order valence-electron chi connectivity index (χ3n) is 2.93. The molecule has 0 aromatic carbocycles. The van der Waals surface area contributed by atoms with Crippen LogP contribution in [0.5, 0.6) is 0 Å². The van der Waals surface area contributed by atoms with Gasteiger partial charge in [0.2, 0.25) is 5.91 Å². The molecule has 128 valence electrons. The molecule has 2 rings (SSSR count). The maximum atomic E-state index is 12.6. The number of carbonyl (C=O) groups is 1. The summed E-state index contributed by atoms with van der Waals surface area (Å²) in [5.74, 6) is -0.352. The summed E-state index contributed by atoms with van der Waals surface area (Å²) in [7, 11) is 0. The minimum atomic E-state index is -4.51. The van der Waals surface area contributed by atoms with Crippen LogP contribution in [0.4, 0.5) is 13.2 Å². The number of primary amides is 1. The van der Waals surface area contributed by atoms with Crippen molar-refractivity contribution in [3.63, 3.8) is 0 Å². The number of pyridine rings is 1. The van der Waals surface area contributed by atoms with E-state index in [1.54, 1.807) is 18.2 Å². The van der Waals surface area contributed by atoms with E-state index in [4.69, 9.17) is 11.5 Å². The first-order valence-corrected chi connectivity index (χ1v) is 7.77. The van der Waals surface area contributed by atoms with Crippen LogP contribution in [-0.2, 0) is 23.1 Å². The highest BCUT2D eigenvalue weighted by atomic mass is 32.2. The molecule has 0 aliphatic carbocycles. The number of alkyl halides is 3. The Hall–Kier alpha value is -2.20. The summed E-state index contributed by atoms with van der Waals surface area (Å²) in [4.78, 5) is 22.5. The summed E-state index contributed by atoms with van der Waals surface area (Å²) in [5, 5.41) is 0.00543. The van der Waals surface area contributed by atoms with Gasteiger partial charge < -0.3 is 11.5 Å². The molecule has 1 amide bonds. The zero-order valence-corrected chi connectivity index (χ0v) is 13.1. The van der Waals surface area contributed by atoms with Gasteiger partial charge in [-0.3, -0.25) is 9.78 Å². The monoisotopic (exact) mass is 357 g/mol. The van der Waals surface area contributed by atoms with E-state index < -0.39 is 23.8 Å². The van der Waals surface area contributed by atoms with Crippen molar-refractivity contribution in [3.05, 3.63) is 47.5 Å². The highest BCUT2D eigenvalue weighted by Gasteiger charge is 2.32. The number of hydrogen-bond donors (Lipinski definition) is 2. The first-order valence-electron chi connectivity index (χ1n) is 6.78. The molecular weight excluding hydrogens is 343 g/mol. The van der Waals surface area contributed by atoms with Crippen LogP contribution in [0.3, 0.4) is 0 Å². The number of nitrogens with zero attached hydrogens (tertiary/aromatic N) is 3. The van der Waals surface area contributed by atoms with Crippen molar-refractivity contribution in [2.45, 2.75) is 29.5 Å². The SMILES string of the molecule is NC(=O)C(N)Cc1cccc(CSc2nccc(C(F)(F)F)n2)n1. The molecule has 6 nitrogen and oxygen atoms in total. The van der Waals surface area contributed by atoms with Crippen LogP contribution in [0, 0.1) is 0 Å². The molecule has 1 unspecified atom stereocenters. The van der Waals surface area contributed by atoms with E-state index in [0.717, 1.165) is 24.0 Å². The van der Waals surface area contributed by atoms with Crippen molar-refractivity contribution in [1.82, 2.24) is 15.0 Å². The lowest BCUT2D eigenvalue weighted by molar-refractivity contribution is -0.141. The number of hydrogen-bond acceptors (Lipinski definition) is 6. The fourth-order valence-electron chi connectivity index (χ4n) is 1.76. The molecule has 0 aliphatic rings. The first-order chi connectivity index (χ1) is 11.3. The molecule has 24 heavy (non-hydrogen) atoms. The zero-order chi connectivity index (χ0) is 17.7. The van der Waals surface area contributed by atoms with E-state index >= 15 is 0 Å². The van der Waals surface area contributed by atoms with Gasteiger partial charge in [-0.2, -0.15) is 13.2 Å². The minimum absolute atomic E-state index is 0.00543. The van der Waals surface area contributed by atoms with E-state index in [1.165, 1.54) is 0 Å². The van der Waals surface area contributed by atoms with Crippen LogP contribution in [0.1, 0.15) is 17.1 Å². The second-order valence-electron chi connectivity index (χ2n) is 4.84. The van der Waals surface area contributed by atoms with Crippen molar-refractivity contribution < 1.29 is 18.0 Å². The van der Waals surface area contributed by atoms with Crippen molar-refractivity contribution in [3.8, 4) is 0 Å². The second-order valence-corrected chi connectivity index (χ2v) is 5.79. The van der Waals surface area contributed by atoms with Crippen LogP contribution >= 0.6 is 11.8 Å². The minimum Gasteiger partial charge on any atom is -0.368 e. The summed E-state index contributed by atoms with van der Waals surface area (Å²) < 4.78 is 37.8. The summed E-state index contributed by atoms with van der Waals surface area (Å²) in [5.41, 5.74) is 10.9. The third kappa shape index (κ3) is 5.17. The number of rotatable bonds is 6. The van der Waals surface area contributed by atoms with Crippen molar-refractivity contribution in [2.75, 3.05) is 0 Å². The average Bonchev–Trinajstić information content (AvgIpc) is 2.52. The molecule has 10 heteroatoms. The van der Waals surface area contributed by atoms with Gasteiger partial charge in [-0.15, -0.1) is 0 Å². The molecule has 0 spiro atoms. The van der Waals surface area contributed by atoms with Gasteiger partial charge in [0.25, 0.3) is 0 Å². The average molecular weight is 357 g/mol. The Balaban J connectivity index is 2.03. The molecule has 1 atom stereocenters. The largest absolute Gasteiger partial charge is 0.433 e. The van der Waals surface area contributed by atoms with Gasteiger partial charge in [-0.05, 0) is 18.2 Å². The lowest BCUT2D eigenvalue weighted by Gasteiger charge is -2.08. The third-order valence-corrected chi connectivity index (χ3v) is 3.83. The number of carbonyl (C=O) groups excluding carboxylic acids is 1. The smallest absolute Gasteiger partial charge is 0.368 e. The van der Waals surface area contributed by atoms with Crippen LogP contribution in [-0.4, -0.2) is 26.9 Å². The molecule has 2 heterocycles. The molecule has 0 bridgehead atoms. The normalized spacial score (nSPS) is 12.8. The number of thioether (sulfide) groups is 1. The van der Waals surface area contributed by atoms with Gasteiger partial charge in [0.05, 0.1) is 11.7 Å². The lowest BCUT2D eigenvalue weighted by Crippen LogP contribution is -2.38. The van der Waals surface area contributed by atoms with Gasteiger partial charge in [-0.25, -0.2) is 9.97 Å². The van der Waals surface area contributed by atoms with Gasteiger partial charge >= 0.3 is 6.18 Å². The Morgan fingerprint density at radius 3 is 2.58 bits per heavy atom. The topological polar surface area (TPSA) is 108 Å². The summed E-state index contributed by atoms with van der Waals surface area (Å²) in [6, 6.07) is 5.09. The fraction of sp³-hybridized carbons (Fsp3) is 0.286. The van der Waals surface area contributed by atoms with Gasteiger partial charge in [0, 0.05) is 24.1 Å². The molecule has 2 aromatic rings. The highest BCUT2D eigenvalue weighted by molar-refractivity contribution is 7.98. The van der Waals surface area contributed by atoms with Crippen molar-refractivity contribution in [1.29, 1.82) is 0 Å². The Kier molecular flexibility index (Phi) is 5.73. The van der Waals surface area contributed by atoms with Gasteiger partial charge in [0.15, 0.2) is 5.16 Å². The zero-order valence-electron chi connectivity index (χ0n) is 12.3. The van der Waals surface area contributed by atoms with Crippen molar-refractivity contribution in [2.24, 2.45) is 11.5 Å². The molecule has 0 fully saturated rings. The summed E-state index contributed by atoms with van der Waals surface area (Å²) >= 11 is 1.03. The molecule has 0 saturated heterocycles. The predicted molar refractivity (Wildman–Crippen MR) is 81.7 cm³/mol. The van der Waals surface area contributed by atoms with Crippen LogP contribution in [0.25, 0.3) is 0 Å². The Labute approximate surface area is 139 Å². The Morgan fingerprint density at radius 2 is 1.92 bits per heavy atom. The van der Waals surface area contributed by atoms with E-state index in [2.05, 4.69) is 15.0 Å². The Morgan fingerprint density at radius 1 is 1.21 bits per heavy atom. The maximum Gasteiger partial charge on any atom is 0.433 e. The second kappa shape index (κ2) is 7.58. The molecule has 0 aliphatic heterocycles. The van der Waals surface area contributed by atoms with E-state index in [-0.39, 0.29) is 17.3 Å². The first kappa shape index (κ1) is 18.1. The lowest BCUT2D eigenvalue weighted by atomic mass is 10.1. The van der Waals surface area contributed by atoms with E-state index in [0.29, 0.717) is 11.4 Å². The number of nitrogens with two attached hydrogens (primary N) is 2. The summed E-state index contributed by atoms with van der Waals surface area (Å²) in [6.07, 6.45) is -3.26. The van der Waals surface area contributed by atoms with Crippen molar-refractivity contribution >= 4 is 17.7 Å². The quantitative estimate of drug-likeness (QED) is 0.600. The molecule has 0 saturated carbocycles. The van der Waals surface area contributed by atoms with Gasteiger partial charge in [0.1, 0.15) is 5.69 Å². The van der Waals surface area contributed by atoms with Crippen LogP contribution in [0.15, 0.2) is 35.6 Å². The highest BCUT2D eigenvalue weighted by Crippen LogP contribution is 2.28. The fourth-order valence-corrected chi connectivity index (χ4v) is 2.49. The standard InChI is InChI=1S/C14H14F3N5OS/c15-14(16,17)11-4-5-20-13(22-11)24-7-9-3-1-2-8(21-9)6-10(18)12(19)23/h1-5,10H,6-7,18H2,(H2,19,23). The molecule has 0 radical (unpaired) electrons. The maximum absolute atomic E-state index is 12.6. The number of aromatic nitrogens is 3. The van der Waals surface area contributed by atoms with E-state index in [1.807, 2.05) is 0 Å². The predicted octanol–water partition coefficient (Wildman–Crippen LogP) is 1.54.